The Labute approximate surface area is 121 Å². The summed E-state index contributed by atoms with van der Waals surface area (Å²) in [5.41, 5.74) is 5.73. The van der Waals surface area contributed by atoms with Crippen LogP contribution in [0.3, 0.4) is 0 Å². The maximum atomic E-state index is 6.10. The molecule has 0 saturated heterocycles. The van der Waals surface area contributed by atoms with Gasteiger partial charge >= 0.3 is 0 Å². The number of aromatic nitrogens is 2. The van der Waals surface area contributed by atoms with Crippen LogP contribution in [-0.4, -0.2) is 17.3 Å². The summed E-state index contributed by atoms with van der Waals surface area (Å²) in [6, 6.07) is -0.157. The minimum atomic E-state index is -0.372. The summed E-state index contributed by atoms with van der Waals surface area (Å²) in [6.07, 6.45) is 9.83. The second kappa shape index (κ2) is 7.18. The Kier molecular flexibility index (Phi) is 5.54. The molecule has 0 spiro atoms. The molecule has 5 nitrogen and oxygen atoms in total. The lowest BCUT2D eigenvalue weighted by molar-refractivity contribution is -0.0365. The number of hydrogen-bond acceptors (Lipinski definition) is 5. The Morgan fingerprint density at radius 1 is 1.30 bits per heavy atom. The van der Waals surface area contributed by atoms with Gasteiger partial charge in [0, 0.05) is 7.11 Å². The van der Waals surface area contributed by atoms with Crippen molar-refractivity contribution in [2.45, 2.75) is 76.4 Å². The van der Waals surface area contributed by atoms with Crippen molar-refractivity contribution >= 4 is 0 Å². The number of nitrogens with zero attached hydrogens (tertiary/aromatic N) is 2. The predicted molar refractivity (Wildman–Crippen MR) is 77.1 cm³/mol. The zero-order valence-corrected chi connectivity index (χ0v) is 12.7. The zero-order valence-electron chi connectivity index (χ0n) is 12.7. The highest BCUT2D eigenvalue weighted by Gasteiger charge is 2.37. The van der Waals surface area contributed by atoms with Gasteiger partial charge in [0.1, 0.15) is 5.60 Å². The first-order valence-corrected chi connectivity index (χ1v) is 7.86. The topological polar surface area (TPSA) is 74.2 Å². The van der Waals surface area contributed by atoms with Gasteiger partial charge in [-0.2, -0.15) is 4.98 Å². The van der Waals surface area contributed by atoms with E-state index in [1.807, 2.05) is 0 Å². The van der Waals surface area contributed by atoms with E-state index in [1.165, 1.54) is 12.8 Å². The van der Waals surface area contributed by atoms with E-state index < -0.39 is 0 Å². The van der Waals surface area contributed by atoms with Gasteiger partial charge in [-0.3, -0.25) is 0 Å². The number of rotatable bonds is 6. The quantitative estimate of drug-likeness (QED) is 0.808. The lowest BCUT2D eigenvalue weighted by Crippen LogP contribution is -2.29. The second-order valence-corrected chi connectivity index (χ2v) is 5.82. The molecule has 0 aromatic carbocycles. The molecule has 2 rings (SSSR count). The van der Waals surface area contributed by atoms with Crippen molar-refractivity contribution in [3.8, 4) is 0 Å². The first-order valence-electron chi connectivity index (χ1n) is 7.86. The molecule has 1 atom stereocenters. The Hall–Kier alpha value is -0.940. The normalized spacial score (nSPS) is 20.6. The van der Waals surface area contributed by atoms with Gasteiger partial charge in [0.25, 0.3) is 0 Å². The Morgan fingerprint density at radius 2 is 2.00 bits per heavy atom. The van der Waals surface area contributed by atoms with E-state index >= 15 is 0 Å². The van der Waals surface area contributed by atoms with Crippen LogP contribution in [0.15, 0.2) is 4.52 Å². The summed E-state index contributed by atoms with van der Waals surface area (Å²) in [6.45, 7) is 2.15. The highest BCUT2D eigenvalue weighted by Crippen LogP contribution is 2.37. The molecule has 2 N–H and O–H groups in total. The van der Waals surface area contributed by atoms with Crippen LogP contribution >= 0.6 is 0 Å². The van der Waals surface area contributed by atoms with Gasteiger partial charge in [-0.25, -0.2) is 0 Å². The largest absolute Gasteiger partial charge is 0.370 e. The molecular formula is C15H27N3O2. The smallest absolute Gasteiger partial charge is 0.243 e. The molecule has 1 aromatic heterocycles. The van der Waals surface area contributed by atoms with E-state index in [4.69, 9.17) is 15.0 Å². The van der Waals surface area contributed by atoms with Crippen molar-refractivity contribution < 1.29 is 9.26 Å². The monoisotopic (exact) mass is 281 g/mol. The van der Waals surface area contributed by atoms with Crippen LogP contribution in [0.1, 0.15) is 82.5 Å². The molecule has 1 unspecified atom stereocenters. The van der Waals surface area contributed by atoms with E-state index in [2.05, 4.69) is 17.1 Å². The fourth-order valence-corrected chi connectivity index (χ4v) is 2.94. The number of unbranched alkanes of at least 4 members (excludes halogenated alkanes) is 1. The third kappa shape index (κ3) is 3.38. The predicted octanol–water partition coefficient (Wildman–Crippen LogP) is 3.46. The molecule has 1 aromatic rings. The molecule has 114 valence electrons. The number of methoxy groups -OCH3 is 1. The first kappa shape index (κ1) is 15.4. The highest BCUT2D eigenvalue weighted by molar-refractivity contribution is 5.04. The van der Waals surface area contributed by atoms with Crippen molar-refractivity contribution in [2.75, 3.05) is 7.11 Å². The number of hydrogen-bond donors (Lipinski definition) is 1. The van der Waals surface area contributed by atoms with Crippen LogP contribution in [0.5, 0.6) is 0 Å². The fourth-order valence-electron chi connectivity index (χ4n) is 2.94. The van der Waals surface area contributed by atoms with Gasteiger partial charge in [-0.1, -0.05) is 50.6 Å². The van der Waals surface area contributed by atoms with E-state index in [9.17, 15) is 0 Å². The van der Waals surface area contributed by atoms with Gasteiger partial charge in [-0.15, -0.1) is 0 Å². The van der Waals surface area contributed by atoms with Gasteiger partial charge < -0.3 is 15.0 Å². The van der Waals surface area contributed by atoms with Crippen LogP contribution in [-0.2, 0) is 10.3 Å². The maximum absolute atomic E-state index is 6.10. The third-order valence-corrected chi connectivity index (χ3v) is 4.34. The van der Waals surface area contributed by atoms with Crippen molar-refractivity contribution in [3.63, 3.8) is 0 Å². The summed E-state index contributed by atoms with van der Waals surface area (Å²) in [4.78, 5) is 4.54. The molecule has 1 aliphatic carbocycles. The molecule has 1 heterocycles. The van der Waals surface area contributed by atoms with Crippen LogP contribution in [0, 0.1) is 0 Å². The van der Waals surface area contributed by atoms with E-state index in [0.717, 1.165) is 44.9 Å². The van der Waals surface area contributed by atoms with E-state index in [0.29, 0.717) is 11.7 Å². The molecule has 0 bridgehead atoms. The summed E-state index contributed by atoms with van der Waals surface area (Å²) in [5, 5.41) is 4.16. The Bertz CT molecular complexity index is 398. The van der Waals surface area contributed by atoms with Crippen LogP contribution in [0.4, 0.5) is 0 Å². The molecule has 0 amide bonds. The van der Waals surface area contributed by atoms with E-state index in [1.54, 1.807) is 7.11 Å². The second-order valence-electron chi connectivity index (χ2n) is 5.82. The van der Waals surface area contributed by atoms with Crippen LogP contribution in [0.25, 0.3) is 0 Å². The minimum absolute atomic E-state index is 0.157. The lowest BCUT2D eigenvalue weighted by Gasteiger charge is -2.27. The van der Waals surface area contributed by atoms with E-state index in [-0.39, 0.29) is 11.6 Å². The molecule has 0 radical (unpaired) electrons. The number of ether oxygens (including phenoxy) is 1. The number of nitrogens with two attached hydrogens (primary N) is 1. The summed E-state index contributed by atoms with van der Waals surface area (Å²) in [5.74, 6) is 1.23. The Balaban J connectivity index is 2.12. The van der Waals surface area contributed by atoms with Crippen molar-refractivity contribution in [1.82, 2.24) is 10.1 Å². The lowest BCUT2D eigenvalue weighted by atomic mass is 9.93. The van der Waals surface area contributed by atoms with Crippen LogP contribution in [0.2, 0.25) is 0 Å². The van der Waals surface area contributed by atoms with Crippen molar-refractivity contribution in [2.24, 2.45) is 5.73 Å². The summed E-state index contributed by atoms with van der Waals surface area (Å²) < 4.78 is 11.2. The van der Waals surface area contributed by atoms with Crippen LogP contribution < -0.4 is 5.73 Å². The molecule has 0 aliphatic heterocycles. The molecule has 1 saturated carbocycles. The van der Waals surface area contributed by atoms with Crippen molar-refractivity contribution in [3.05, 3.63) is 11.7 Å². The minimum Gasteiger partial charge on any atom is -0.370 e. The molecular weight excluding hydrogens is 254 g/mol. The average Bonchev–Trinajstić information content (AvgIpc) is 2.85. The zero-order chi connectivity index (χ0) is 14.4. The molecule has 1 fully saturated rings. The third-order valence-electron chi connectivity index (χ3n) is 4.34. The van der Waals surface area contributed by atoms with Gasteiger partial charge in [0.05, 0.1) is 6.04 Å². The van der Waals surface area contributed by atoms with Gasteiger partial charge in [0.15, 0.2) is 0 Å². The highest BCUT2D eigenvalue weighted by atomic mass is 16.5. The molecule has 20 heavy (non-hydrogen) atoms. The Morgan fingerprint density at radius 3 is 2.60 bits per heavy atom. The average molecular weight is 281 g/mol. The molecule has 1 aliphatic rings. The first-order chi connectivity index (χ1) is 9.72. The maximum Gasteiger partial charge on any atom is 0.243 e. The van der Waals surface area contributed by atoms with Gasteiger partial charge in [0.2, 0.25) is 11.7 Å². The standard InChI is InChI=1S/C15H27N3O2/c1-3-4-9-12(16)13-17-14(18-20-13)15(19-2)10-7-5-6-8-11-15/h12H,3-11,16H2,1-2H3. The van der Waals surface area contributed by atoms with Crippen molar-refractivity contribution in [1.29, 1.82) is 0 Å². The fraction of sp³-hybridized carbons (Fsp3) is 0.867. The van der Waals surface area contributed by atoms with Gasteiger partial charge in [-0.05, 0) is 19.3 Å². The molecule has 5 heteroatoms. The SMILES string of the molecule is CCCCC(N)c1nc(C2(OC)CCCCCC2)no1. The summed E-state index contributed by atoms with van der Waals surface area (Å²) in [7, 11) is 1.75. The summed E-state index contributed by atoms with van der Waals surface area (Å²) >= 11 is 0.